The molecule has 5 heteroatoms. The predicted molar refractivity (Wildman–Crippen MR) is 112 cm³/mol. The van der Waals surface area contributed by atoms with Gasteiger partial charge in [-0.05, 0) is 18.4 Å². The van der Waals surface area contributed by atoms with E-state index in [1.807, 2.05) is 30.3 Å². The Bertz CT molecular complexity index is 557. The third kappa shape index (κ3) is 12.2. The number of hydrogen-bond acceptors (Lipinski definition) is 4. The fourth-order valence-electron chi connectivity index (χ4n) is 3.08. The van der Waals surface area contributed by atoms with Gasteiger partial charge in [-0.3, -0.25) is 0 Å². The van der Waals surface area contributed by atoms with E-state index in [2.05, 4.69) is 13.8 Å². The fourth-order valence-corrected chi connectivity index (χ4v) is 3.95. The zero-order chi connectivity index (χ0) is 19.8. The Labute approximate surface area is 167 Å². The Balaban J connectivity index is 2.45. The van der Waals surface area contributed by atoms with Crippen molar-refractivity contribution in [3.8, 4) is 0 Å². The summed E-state index contributed by atoms with van der Waals surface area (Å²) in [5, 5.41) is 0. The number of benzene rings is 1. The van der Waals surface area contributed by atoms with E-state index in [9.17, 15) is 8.42 Å². The summed E-state index contributed by atoms with van der Waals surface area (Å²) in [5.74, 6) is 0. The number of unbranched alkanes of at least 4 members (excludes halogenated alkanes) is 9. The lowest BCUT2D eigenvalue weighted by molar-refractivity contribution is 0.146. The zero-order valence-electron chi connectivity index (χ0n) is 17.2. The highest BCUT2D eigenvalue weighted by Gasteiger charge is 2.21. The van der Waals surface area contributed by atoms with E-state index in [4.69, 9.17) is 8.37 Å². The van der Waals surface area contributed by atoms with Crippen LogP contribution >= 0.6 is 0 Å². The molecule has 4 nitrogen and oxygen atoms in total. The fraction of sp³-hybridized carbons (Fsp3) is 0.727. The van der Waals surface area contributed by atoms with Gasteiger partial charge in [0.15, 0.2) is 0 Å². The van der Waals surface area contributed by atoms with Crippen LogP contribution in [0.4, 0.5) is 0 Å². The van der Waals surface area contributed by atoms with Crippen molar-refractivity contribution in [2.45, 2.75) is 97.0 Å². The third-order valence-corrected chi connectivity index (χ3v) is 5.62. The molecule has 0 fully saturated rings. The molecule has 1 atom stereocenters. The smallest absolute Gasteiger partial charge is 0.248 e. The van der Waals surface area contributed by atoms with Crippen LogP contribution in [0.25, 0.3) is 0 Å². The maximum absolute atomic E-state index is 12.2. The summed E-state index contributed by atoms with van der Waals surface area (Å²) >= 11 is 0. The monoisotopic (exact) mass is 398 g/mol. The molecular formula is C22H38O4S. The molecule has 0 aliphatic carbocycles. The van der Waals surface area contributed by atoms with E-state index >= 15 is 0 Å². The maximum atomic E-state index is 12.2. The minimum Gasteiger partial charge on any atom is -0.248 e. The van der Waals surface area contributed by atoms with Gasteiger partial charge >= 0.3 is 10.4 Å². The summed E-state index contributed by atoms with van der Waals surface area (Å²) < 4.78 is 35.0. The molecule has 0 bridgehead atoms. The van der Waals surface area contributed by atoms with E-state index in [1.165, 1.54) is 38.5 Å². The van der Waals surface area contributed by atoms with E-state index in [0.717, 1.165) is 37.7 Å². The summed E-state index contributed by atoms with van der Waals surface area (Å²) in [7, 11) is -3.97. The molecule has 1 unspecified atom stereocenters. The largest absolute Gasteiger partial charge is 0.400 e. The molecule has 1 aromatic rings. The van der Waals surface area contributed by atoms with Gasteiger partial charge in [0, 0.05) is 0 Å². The molecule has 0 radical (unpaired) electrons. The highest BCUT2D eigenvalue weighted by atomic mass is 32.3. The van der Waals surface area contributed by atoms with Crippen molar-refractivity contribution in [2.24, 2.45) is 0 Å². The average Bonchev–Trinajstić information content (AvgIpc) is 2.67. The first-order chi connectivity index (χ1) is 13.1. The minimum absolute atomic E-state index is 0.201. The van der Waals surface area contributed by atoms with Crippen molar-refractivity contribution in [1.29, 1.82) is 0 Å². The molecule has 0 saturated carbocycles. The van der Waals surface area contributed by atoms with Crippen LogP contribution in [0.1, 0.15) is 103 Å². The minimum atomic E-state index is -3.97. The lowest BCUT2D eigenvalue weighted by Crippen LogP contribution is -2.15. The summed E-state index contributed by atoms with van der Waals surface area (Å²) in [6.45, 7) is 4.57. The topological polar surface area (TPSA) is 52.6 Å². The van der Waals surface area contributed by atoms with Crippen molar-refractivity contribution < 1.29 is 16.8 Å². The summed E-state index contributed by atoms with van der Waals surface area (Å²) in [4.78, 5) is 0. The lowest BCUT2D eigenvalue weighted by atomic mass is 10.0. The van der Waals surface area contributed by atoms with Crippen LogP contribution in [0.2, 0.25) is 0 Å². The van der Waals surface area contributed by atoms with Gasteiger partial charge in [0.25, 0.3) is 0 Å². The second kappa shape index (κ2) is 15.1. The molecule has 1 aromatic carbocycles. The van der Waals surface area contributed by atoms with E-state index in [1.54, 1.807) is 0 Å². The number of rotatable bonds is 17. The SMILES string of the molecule is CCCCCCCCOS(=O)(=O)OC(CCCCCCC)c1ccccc1. The molecule has 0 heterocycles. The highest BCUT2D eigenvalue weighted by Crippen LogP contribution is 2.26. The first kappa shape index (κ1) is 24.1. The molecule has 27 heavy (non-hydrogen) atoms. The second-order valence-electron chi connectivity index (χ2n) is 7.20. The van der Waals surface area contributed by atoms with E-state index in [0.29, 0.717) is 6.42 Å². The van der Waals surface area contributed by atoms with Gasteiger partial charge in [0.05, 0.1) is 6.61 Å². The van der Waals surface area contributed by atoms with Crippen molar-refractivity contribution in [3.63, 3.8) is 0 Å². The summed E-state index contributed by atoms with van der Waals surface area (Å²) in [6.07, 6.45) is 12.4. The molecule has 0 spiro atoms. The predicted octanol–water partition coefficient (Wildman–Crippen LogP) is 6.73. The van der Waals surface area contributed by atoms with Crippen molar-refractivity contribution in [1.82, 2.24) is 0 Å². The molecule has 0 N–H and O–H groups in total. The Kier molecular flexibility index (Phi) is 13.5. The van der Waals surface area contributed by atoms with Crippen molar-refractivity contribution >= 4 is 10.4 Å². The second-order valence-corrected chi connectivity index (χ2v) is 8.44. The Morgan fingerprint density at radius 1 is 0.778 bits per heavy atom. The molecular weight excluding hydrogens is 360 g/mol. The first-order valence-electron chi connectivity index (χ1n) is 10.7. The van der Waals surface area contributed by atoms with Crippen molar-refractivity contribution in [3.05, 3.63) is 35.9 Å². The van der Waals surface area contributed by atoms with Gasteiger partial charge in [-0.15, -0.1) is 0 Å². The van der Waals surface area contributed by atoms with Crippen LogP contribution in [-0.4, -0.2) is 15.0 Å². The molecule has 156 valence electrons. The standard InChI is InChI=1S/C22H38O4S/c1-3-5-7-9-11-16-20-25-27(23,24)26-22(19-15-10-8-6-4-2)21-17-13-12-14-18-21/h12-14,17-18,22H,3-11,15-16,19-20H2,1-2H3. The number of hydrogen-bond donors (Lipinski definition) is 0. The Hall–Kier alpha value is -0.910. The molecule has 0 amide bonds. The zero-order valence-corrected chi connectivity index (χ0v) is 18.0. The summed E-state index contributed by atoms with van der Waals surface area (Å²) in [6, 6.07) is 9.57. The first-order valence-corrected chi connectivity index (χ1v) is 12.0. The van der Waals surface area contributed by atoms with Gasteiger partial charge in [-0.1, -0.05) is 108 Å². The Morgan fingerprint density at radius 3 is 1.96 bits per heavy atom. The average molecular weight is 399 g/mol. The maximum Gasteiger partial charge on any atom is 0.400 e. The van der Waals surface area contributed by atoms with Gasteiger partial charge in [-0.25, -0.2) is 8.37 Å². The molecule has 0 aromatic heterocycles. The van der Waals surface area contributed by atoms with Crippen LogP contribution in [0, 0.1) is 0 Å². The van der Waals surface area contributed by atoms with Crippen LogP contribution in [0.5, 0.6) is 0 Å². The van der Waals surface area contributed by atoms with E-state index in [-0.39, 0.29) is 6.61 Å². The normalized spacial score (nSPS) is 13.0. The third-order valence-electron chi connectivity index (χ3n) is 4.70. The van der Waals surface area contributed by atoms with Crippen molar-refractivity contribution in [2.75, 3.05) is 6.61 Å². The van der Waals surface area contributed by atoms with Crippen LogP contribution in [0.3, 0.4) is 0 Å². The van der Waals surface area contributed by atoms with Gasteiger partial charge < -0.3 is 0 Å². The molecule has 0 aliphatic heterocycles. The van der Waals surface area contributed by atoms with Crippen LogP contribution in [0.15, 0.2) is 30.3 Å². The molecule has 0 aliphatic rings. The van der Waals surface area contributed by atoms with Gasteiger partial charge in [0.2, 0.25) is 0 Å². The van der Waals surface area contributed by atoms with Crippen LogP contribution < -0.4 is 0 Å². The lowest BCUT2D eigenvalue weighted by Gasteiger charge is -2.17. The van der Waals surface area contributed by atoms with E-state index < -0.39 is 16.5 Å². The van der Waals surface area contributed by atoms with Crippen LogP contribution in [-0.2, 0) is 18.8 Å². The molecule has 1 rings (SSSR count). The quantitative estimate of drug-likeness (QED) is 0.273. The highest BCUT2D eigenvalue weighted by molar-refractivity contribution is 7.81. The van der Waals surface area contributed by atoms with Gasteiger partial charge in [-0.2, -0.15) is 8.42 Å². The van der Waals surface area contributed by atoms with Gasteiger partial charge in [0.1, 0.15) is 6.10 Å². The Morgan fingerprint density at radius 2 is 1.33 bits per heavy atom. The molecule has 0 saturated heterocycles. The summed E-state index contributed by atoms with van der Waals surface area (Å²) in [5.41, 5.74) is 0.889.